The predicted octanol–water partition coefficient (Wildman–Crippen LogP) is 0.542. The summed E-state index contributed by atoms with van der Waals surface area (Å²) in [4.78, 5) is 26.0. The van der Waals surface area contributed by atoms with Crippen LogP contribution in [-0.2, 0) is 13.0 Å². The Bertz CT molecular complexity index is 675. The fourth-order valence-corrected chi connectivity index (χ4v) is 2.55. The number of carbonyl (C=O) groups is 1. The summed E-state index contributed by atoms with van der Waals surface area (Å²) < 4.78 is 5.29. The Balaban J connectivity index is 1.99. The second-order valence-corrected chi connectivity index (χ2v) is 4.74. The van der Waals surface area contributed by atoms with Gasteiger partial charge in [0, 0.05) is 25.4 Å². The Kier molecular flexibility index (Phi) is 3.39. The fourth-order valence-electron chi connectivity index (χ4n) is 2.55. The Labute approximate surface area is 121 Å². The van der Waals surface area contributed by atoms with E-state index in [1.54, 1.807) is 19.4 Å². The number of anilines is 1. The number of ether oxygens (including phenoxy) is 1. The molecule has 1 aliphatic rings. The van der Waals surface area contributed by atoms with E-state index in [1.165, 1.54) is 12.5 Å². The van der Waals surface area contributed by atoms with Crippen LogP contribution in [0.5, 0.6) is 5.88 Å². The lowest BCUT2D eigenvalue weighted by Crippen LogP contribution is -2.33. The van der Waals surface area contributed by atoms with Crippen molar-refractivity contribution in [2.24, 2.45) is 5.73 Å². The summed E-state index contributed by atoms with van der Waals surface area (Å²) in [6.45, 7) is 1.32. The largest absolute Gasteiger partial charge is 0.481 e. The van der Waals surface area contributed by atoms with E-state index in [2.05, 4.69) is 19.9 Å². The monoisotopic (exact) mass is 285 g/mol. The van der Waals surface area contributed by atoms with Gasteiger partial charge in [-0.1, -0.05) is 0 Å². The molecule has 0 aliphatic carbocycles. The number of nitrogens with two attached hydrogens (primary N) is 1. The average molecular weight is 285 g/mol. The van der Waals surface area contributed by atoms with E-state index in [-0.39, 0.29) is 0 Å². The maximum atomic E-state index is 11.5. The van der Waals surface area contributed by atoms with Crippen molar-refractivity contribution >= 4 is 11.6 Å². The zero-order valence-corrected chi connectivity index (χ0v) is 11.6. The number of pyridine rings is 1. The van der Waals surface area contributed by atoms with Crippen LogP contribution in [0, 0.1) is 0 Å². The lowest BCUT2D eigenvalue weighted by Gasteiger charge is -2.31. The van der Waals surface area contributed by atoms with Gasteiger partial charge in [-0.3, -0.25) is 9.78 Å². The molecule has 0 fully saturated rings. The molecular formula is C14H15N5O2. The number of rotatable bonds is 3. The molecule has 0 saturated carbocycles. The Morgan fingerprint density at radius 3 is 3.05 bits per heavy atom. The van der Waals surface area contributed by atoms with Gasteiger partial charge in [0.2, 0.25) is 5.88 Å². The number of primary amides is 1. The molecule has 2 aromatic heterocycles. The molecule has 7 heteroatoms. The second kappa shape index (κ2) is 5.35. The minimum atomic E-state index is -0.486. The summed E-state index contributed by atoms with van der Waals surface area (Å²) in [6, 6.07) is 1.79. The molecule has 2 aromatic rings. The standard InChI is InChI=1S/C14H15N5O2/c1-21-14-10-7-19(5-3-11(10)17-8-18-14)12-2-4-16-6-9(12)13(15)20/h2,4,6,8H,3,5,7H2,1H3,(H2,15,20). The molecule has 0 aromatic carbocycles. The van der Waals surface area contributed by atoms with Crippen LogP contribution in [0.25, 0.3) is 0 Å². The van der Waals surface area contributed by atoms with Crippen molar-refractivity contribution in [3.63, 3.8) is 0 Å². The van der Waals surface area contributed by atoms with Gasteiger partial charge in [0.25, 0.3) is 5.91 Å². The highest BCUT2D eigenvalue weighted by Gasteiger charge is 2.24. The van der Waals surface area contributed by atoms with Gasteiger partial charge in [-0.25, -0.2) is 9.97 Å². The topological polar surface area (TPSA) is 94.2 Å². The van der Waals surface area contributed by atoms with E-state index in [9.17, 15) is 4.79 Å². The number of methoxy groups -OCH3 is 1. The van der Waals surface area contributed by atoms with Crippen molar-refractivity contribution in [1.82, 2.24) is 15.0 Å². The van der Waals surface area contributed by atoms with Gasteiger partial charge in [0.1, 0.15) is 6.33 Å². The number of hydrogen-bond donors (Lipinski definition) is 1. The van der Waals surface area contributed by atoms with E-state index in [4.69, 9.17) is 10.5 Å². The molecule has 3 heterocycles. The zero-order valence-electron chi connectivity index (χ0n) is 11.6. The highest BCUT2D eigenvalue weighted by Crippen LogP contribution is 2.29. The molecule has 0 saturated heterocycles. The molecule has 0 unspecified atom stereocenters. The summed E-state index contributed by atoms with van der Waals surface area (Å²) in [5.74, 6) is 0.0829. The quantitative estimate of drug-likeness (QED) is 0.884. The maximum Gasteiger partial charge on any atom is 0.252 e. The summed E-state index contributed by atoms with van der Waals surface area (Å²) in [7, 11) is 1.59. The van der Waals surface area contributed by atoms with Gasteiger partial charge in [0.05, 0.1) is 36.2 Å². The number of nitrogens with zero attached hydrogens (tertiary/aromatic N) is 4. The summed E-state index contributed by atoms with van der Waals surface area (Å²) in [5.41, 5.74) is 8.53. The van der Waals surface area contributed by atoms with Crippen LogP contribution in [0.15, 0.2) is 24.8 Å². The molecule has 1 amide bonds. The van der Waals surface area contributed by atoms with E-state index in [0.717, 1.165) is 29.9 Å². The molecule has 3 rings (SSSR count). The average Bonchev–Trinajstić information content (AvgIpc) is 2.53. The molecule has 0 radical (unpaired) electrons. The Morgan fingerprint density at radius 1 is 1.43 bits per heavy atom. The van der Waals surface area contributed by atoms with Gasteiger partial charge in [-0.05, 0) is 6.07 Å². The van der Waals surface area contributed by atoms with Gasteiger partial charge in [-0.2, -0.15) is 0 Å². The van der Waals surface area contributed by atoms with Gasteiger partial charge >= 0.3 is 0 Å². The molecule has 0 atom stereocenters. The maximum absolute atomic E-state index is 11.5. The van der Waals surface area contributed by atoms with Crippen molar-refractivity contribution in [2.45, 2.75) is 13.0 Å². The number of hydrogen-bond acceptors (Lipinski definition) is 6. The first-order valence-corrected chi connectivity index (χ1v) is 6.56. The van der Waals surface area contributed by atoms with Crippen LogP contribution < -0.4 is 15.4 Å². The van der Waals surface area contributed by atoms with Crippen LogP contribution >= 0.6 is 0 Å². The third kappa shape index (κ3) is 2.37. The molecular weight excluding hydrogens is 270 g/mol. The number of aromatic nitrogens is 3. The number of carbonyl (C=O) groups excluding carboxylic acids is 1. The number of fused-ring (bicyclic) bond motifs is 1. The van der Waals surface area contributed by atoms with E-state index in [0.29, 0.717) is 18.0 Å². The van der Waals surface area contributed by atoms with Crippen molar-refractivity contribution < 1.29 is 9.53 Å². The van der Waals surface area contributed by atoms with Gasteiger partial charge in [-0.15, -0.1) is 0 Å². The first-order chi connectivity index (χ1) is 10.2. The first-order valence-electron chi connectivity index (χ1n) is 6.56. The van der Waals surface area contributed by atoms with Crippen LogP contribution in [0.3, 0.4) is 0 Å². The first kappa shape index (κ1) is 13.3. The highest BCUT2D eigenvalue weighted by molar-refractivity contribution is 5.98. The summed E-state index contributed by atoms with van der Waals surface area (Å²) >= 11 is 0. The van der Waals surface area contributed by atoms with Gasteiger partial charge < -0.3 is 15.4 Å². The summed E-state index contributed by atoms with van der Waals surface area (Å²) in [6.07, 6.45) is 5.41. The second-order valence-electron chi connectivity index (χ2n) is 4.74. The van der Waals surface area contributed by atoms with Crippen LogP contribution in [-0.4, -0.2) is 34.5 Å². The minimum Gasteiger partial charge on any atom is -0.481 e. The van der Waals surface area contributed by atoms with Crippen LogP contribution in [0.4, 0.5) is 5.69 Å². The normalized spacial score (nSPS) is 13.7. The van der Waals surface area contributed by atoms with Crippen LogP contribution in [0.1, 0.15) is 21.6 Å². The zero-order chi connectivity index (χ0) is 14.8. The van der Waals surface area contributed by atoms with Crippen LogP contribution in [0.2, 0.25) is 0 Å². The predicted molar refractivity (Wildman–Crippen MR) is 76.1 cm³/mol. The fraction of sp³-hybridized carbons (Fsp3) is 0.286. The van der Waals surface area contributed by atoms with E-state index >= 15 is 0 Å². The van der Waals surface area contributed by atoms with E-state index < -0.39 is 5.91 Å². The van der Waals surface area contributed by atoms with Gasteiger partial charge in [0.15, 0.2) is 0 Å². The molecule has 7 nitrogen and oxygen atoms in total. The molecule has 0 spiro atoms. The Morgan fingerprint density at radius 2 is 2.29 bits per heavy atom. The highest BCUT2D eigenvalue weighted by atomic mass is 16.5. The van der Waals surface area contributed by atoms with Crippen molar-refractivity contribution in [2.75, 3.05) is 18.6 Å². The Hall–Kier alpha value is -2.70. The molecule has 1 aliphatic heterocycles. The third-order valence-corrected chi connectivity index (χ3v) is 3.56. The van der Waals surface area contributed by atoms with E-state index in [1.807, 2.05) is 0 Å². The SMILES string of the molecule is COc1ncnc2c1CN(c1ccncc1C(N)=O)CC2. The molecule has 0 bridgehead atoms. The molecule has 2 N–H and O–H groups in total. The minimum absolute atomic E-state index is 0.414. The lowest BCUT2D eigenvalue weighted by atomic mass is 10.0. The smallest absolute Gasteiger partial charge is 0.252 e. The molecule has 108 valence electrons. The lowest BCUT2D eigenvalue weighted by molar-refractivity contribution is 0.100. The van der Waals surface area contributed by atoms with Crippen molar-refractivity contribution in [1.29, 1.82) is 0 Å². The van der Waals surface area contributed by atoms with Crippen molar-refractivity contribution in [3.05, 3.63) is 41.6 Å². The van der Waals surface area contributed by atoms with Crippen molar-refractivity contribution in [3.8, 4) is 5.88 Å². The number of amides is 1. The third-order valence-electron chi connectivity index (χ3n) is 3.56. The molecule has 21 heavy (non-hydrogen) atoms. The summed E-state index contributed by atoms with van der Waals surface area (Å²) in [5, 5.41) is 0.